The fourth-order valence-corrected chi connectivity index (χ4v) is 3.09. The molecule has 0 fully saturated rings. The molecule has 3 nitrogen and oxygen atoms in total. The van der Waals surface area contributed by atoms with Crippen LogP contribution in [0.25, 0.3) is 10.9 Å². The van der Waals surface area contributed by atoms with Crippen molar-refractivity contribution in [2.45, 2.75) is 33.2 Å². The Morgan fingerprint density at radius 2 is 1.95 bits per heavy atom. The molecule has 0 atom stereocenters. The molecule has 0 aliphatic carbocycles. The molecule has 1 aliphatic heterocycles. The van der Waals surface area contributed by atoms with Crippen LogP contribution in [-0.2, 0) is 20.0 Å². The van der Waals surface area contributed by atoms with E-state index in [0.29, 0.717) is 0 Å². The number of aryl methyl sites for hydroxylation is 1. The number of para-hydroxylation sites is 1. The predicted octanol–water partition coefficient (Wildman–Crippen LogP) is 2.91. The maximum Gasteiger partial charge on any atom is 0.0483 e. The lowest BCUT2D eigenvalue weighted by Gasteiger charge is -2.27. The smallest absolute Gasteiger partial charge is 0.0483 e. The van der Waals surface area contributed by atoms with Crippen molar-refractivity contribution < 1.29 is 0 Å². The SMILES string of the molecule is CC.Cn1c2c(c3ccccc31)CN(CCCN)CC2. The van der Waals surface area contributed by atoms with Crippen LogP contribution in [0.3, 0.4) is 0 Å². The average molecular weight is 273 g/mol. The molecule has 0 amide bonds. The van der Waals surface area contributed by atoms with E-state index in [2.05, 4.69) is 40.8 Å². The van der Waals surface area contributed by atoms with Crippen LogP contribution in [0.2, 0.25) is 0 Å². The molecule has 0 saturated carbocycles. The number of fused-ring (bicyclic) bond motifs is 3. The van der Waals surface area contributed by atoms with Gasteiger partial charge in [0.2, 0.25) is 0 Å². The van der Waals surface area contributed by atoms with Gasteiger partial charge in [-0.1, -0.05) is 32.0 Å². The highest BCUT2D eigenvalue weighted by molar-refractivity contribution is 5.85. The summed E-state index contributed by atoms with van der Waals surface area (Å²) in [6.07, 6.45) is 2.26. The molecular formula is C17H27N3. The van der Waals surface area contributed by atoms with E-state index < -0.39 is 0 Å². The first-order valence-corrected chi connectivity index (χ1v) is 7.79. The first-order chi connectivity index (χ1) is 9.81. The molecular weight excluding hydrogens is 246 g/mol. The van der Waals surface area contributed by atoms with Crippen LogP contribution >= 0.6 is 0 Å². The molecule has 0 spiro atoms. The fourth-order valence-electron chi connectivity index (χ4n) is 3.09. The van der Waals surface area contributed by atoms with Gasteiger partial charge in [0.05, 0.1) is 0 Å². The number of benzene rings is 1. The predicted molar refractivity (Wildman–Crippen MR) is 86.9 cm³/mol. The van der Waals surface area contributed by atoms with Crippen molar-refractivity contribution in [2.24, 2.45) is 12.8 Å². The number of aromatic nitrogens is 1. The zero-order chi connectivity index (χ0) is 14.5. The molecule has 3 heteroatoms. The Labute approximate surface area is 122 Å². The van der Waals surface area contributed by atoms with E-state index in [-0.39, 0.29) is 0 Å². The fraction of sp³-hybridized carbons (Fsp3) is 0.529. The maximum absolute atomic E-state index is 5.60. The van der Waals surface area contributed by atoms with Gasteiger partial charge in [0, 0.05) is 43.2 Å². The Bertz CT molecular complexity index is 557. The van der Waals surface area contributed by atoms with E-state index >= 15 is 0 Å². The molecule has 2 aromatic rings. The van der Waals surface area contributed by atoms with Gasteiger partial charge in [0.25, 0.3) is 0 Å². The second-order valence-corrected chi connectivity index (χ2v) is 5.17. The van der Waals surface area contributed by atoms with Crippen LogP contribution in [0.1, 0.15) is 31.5 Å². The Kier molecular flexibility index (Phi) is 5.21. The van der Waals surface area contributed by atoms with Crippen LogP contribution in [0.5, 0.6) is 0 Å². The third-order valence-corrected chi connectivity index (χ3v) is 4.07. The van der Waals surface area contributed by atoms with E-state index in [1.807, 2.05) is 13.8 Å². The number of hydrogen-bond donors (Lipinski definition) is 1. The van der Waals surface area contributed by atoms with E-state index in [1.165, 1.54) is 22.2 Å². The summed E-state index contributed by atoms with van der Waals surface area (Å²) in [5.74, 6) is 0. The van der Waals surface area contributed by atoms with Gasteiger partial charge >= 0.3 is 0 Å². The van der Waals surface area contributed by atoms with Gasteiger partial charge in [-0.25, -0.2) is 0 Å². The second kappa shape index (κ2) is 6.91. The Morgan fingerprint density at radius 3 is 2.70 bits per heavy atom. The van der Waals surface area contributed by atoms with Crippen molar-refractivity contribution in [2.75, 3.05) is 19.6 Å². The lowest BCUT2D eigenvalue weighted by molar-refractivity contribution is 0.251. The van der Waals surface area contributed by atoms with Gasteiger partial charge in [0.15, 0.2) is 0 Å². The molecule has 1 aliphatic rings. The highest BCUT2D eigenvalue weighted by atomic mass is 15.1. The summed E-state index contributed by atoms with van der Waals surface area (Å²) >= 11 is 0. The van der Waals surface area contributed by atoms with E-state index in [0.717, 1.165) is 39.0 Å². The Hall–Kier alpha value is -1.32. The maximum atomic E-state index is 5.60. The summed E-state index contributed by atoms with van der Waals surface area (Å²) < 4.78 is 2.37. The van der Waals surface area contributed by atoms with Crippen LogP contribution in [0.15, 0.2) is 24.3 Å². The largest absolute Gasteiger partial charge is 0.347 e. The van der Waals surface area contributed by atoms with Crippen LogP contribution in [-0.4, -0.2) is 29.1 Å². The van der Waals surface area contributed by atoms with Crippen molar-refractivity contribution >= 4 is 10.9 Å². The molecule has 0 unspecified atom stereocenters. The van der Waals surface area contributed by atoms with E-state index in [4.69, 9.17) is 5.73 Å². The Morgan fingerprint density at radius 1 is 1.20 bits per heavy atom. The molecule has 0 bridgehead atoms. The minimum Gasteiger partial charge on any atom is -0.347 e. The van der Waals surface area contributed by atoms with Gasteiger partial charge in [-0.3, -0.25) is 4.90 Å². The zero-order valence-electron chi connectivity index (χ0n) is 13.0. The summed E-state index contributed by atoms with van der Waals surface area (Å²) in [6, 6.07) is 8.74. The summed E-state index contributed by atoms with van der Waals surface area (Å²) in [7, 11) is 2.19. The summed E-state index contributed by atoms with van der Waals surface area (Å²) in [4.78, 5) is 2.53. The van der Waals surface area contributed by atoms with Crippen molar-refractivity contribution in [3.05, 3.63) is 35.5 Å². The van der Waals surface area contributed by atoms with Crippen molar-refractivity contribution in [1.82, 2.24) is 9.47 Å². The molecule has 3 rings (SSSR count). The van der Waals surface area contributed by atoms with Crippen LogP contribution in [0, 0.1) is 0 Å². The molecule has 2 N–H and O–H groups in total. The molecule has 0 saturated heterocycles. The highest BCUT2D eigenvalue weighted by Crippen LogP contribution is 2.29. The molecule has 20 heavy (non-hydrogen) atoms. The minimum absolute atomic E-state index is 0.791. The quantitative estimate of drug-likeness (QED) is 0.933. The lowest BCUT2D eigenvalue weighted by Crippen LogP contribution is -2.32. The van der Waals surface area contributed by atoms with Gasteiger partial charge in [0.1, 0.15) is 0 Å². The number of rotatable bonds is 3. The third-order valence-electron chi connectivity index (χ3n) is 4.07. The first-order valence-electron chi connectivity index (χ1n) is 7.79. The molecule has 110 valence electrons. The number of hydrogen-bond acceptors (Lipinski definition) is 2. The van der Waals surface area contributed by atoms with Gasteiger partial charge in [-0.2, -0.15) is 0 Å². The van der Waals surface area contributed by atoms with Gasteiger partial charge in [-0.15, -0.1) is 0 Å². The minimum atomic E-state index is 0.791. The van der Waals surface area contributed by atoms with Crippen LogP contribution in [0.4, 0.5) is 0 Å². The third kappa shape index (κ3) is 2.74. The standard InChI is InChI=1S/C15H21N3.C2H6/c1-17-14-6-3-2-5-12(14)13-11-18(9-4-8-16)10-7-15(13)17;1-2/h2-3,5-6H,4,7-11,16H2,1H3;1-2H3. The zero-order valence-corrected chi connectivity index (χ0v) is 13.0. The monoisotopic (exact) mass is 273 g/mol. The highest BCUT2D eigenvalue weighted by Gasteiger charge is 2.21. The van der Waals surface area contributed by atoms with Crippen LogP contribution < -0.4 is 5.73 Å². The summed E-state index contributed by atoms with van der Waals surface area (Å²) in [6.45, 7) is 8.16. The molecule has 2 heterocycles. The lowest BCUT2D eigenvalue weighted by atomic mass is 10.0. The van der Waals surface area contributed by atoms with E-state index in [9.17, 15) is 0 Å². The van der Waals surface area contributed by atoms with Crippen molar-refractivity contribution in [1.29, 1.82) is 0 Å². The average Bonchev–Trinajstić information content (AvgIpc) is 2.81. The van der Waals surface area contributed by atoms with E-state index in [1.54, 1.807) is 0 Å². The molecule has 1 aromatic carbocycles. The van der Waals surface area contributed by atoms with Gasteiger partial charge in [-0.05, 0) is 31.1 Å². The van der Waals surface area contributed by atoms with Crippen molar-refractivity contribution in [3.8, 4) is 0 Å². The number of nitrogens with two attached hydrogens (primary N) is 1. The Balaban J connectivity index is 0.000000704. The molecule has 0 radical (unpaired) electrons. The summed E-state index contributed by atoms with van der Waals surface area (Å²) in [5, 5.41) is 1.42. The first kappa shape index (κ1) is 15.1. The number of nitrogens with zero attached hydrogens (tertiary/aromatic N) is 2. The summed E-state index contributed by atoms with van der Waals surface area (Å²) in [5.41, 5.74) is 10.0. The second-order valence-electron chi connectivity index (χ2n) is 5.17. The molecule has 1 aromatic heterocycles. The van der Waals surface area contributed by atoms with Gasteiger partial charge < -0.3 is 10.3 Å². The van der Waals surface area contributed by atoms with Crippen molar-refractivity contribution in [3.63, 3.8) is 0 Å². The topological polar surface area (TPSA) is 34.2 Å². The normalized spacial score (nSPS) is 14.8.